The number of rotatable bonds is 6. The van der Waals surface area contributed by atoms with Crippen LogP contribution in [0.3, 0.4) is 0 Å². The number of nitrogens with one attached hydrogen (secondary N) is 1. The Bertz CT molecular complexity index is 1290. The Hall–Kier alpha value is -3.89. The first-order valence-electron chi connectivity index (χ1n) is 9.17. The fourth-order valence-electron chi connectivity index (χ4n) is 2.95. The number of hydrogen-bond donors (Lipinski definition) is 1. The molecule has 148 valence electrons. The van der Waals surface area contributed by atoms with Gasteiger partial charge in [0, 0.05) is 16.8 Å². The van der Waals surface area contributed by atoms with E-state index in [1.54, 1.807) is 60.7 Å². The van der Waals surface area contributed by atoms with Crippen LogP contribution in [0.1, 0.15) is 5.56 Å². The fraction of sp³-hybridized carbons (Fsp3) is 0.0435. The van der Waals surface area contributed by atoms with Gasteiger partial charge in [-0.15, -0.1) is 0 Å². The van der Waals surface area contributed by atoms with Crippen molar-refractivity contribution >= 4 is 15.7 Å². The van der Waals surface area contributed by atoms with E-state index in [0.29, 0.717) is 16.8 Å². The molecule has 0 spiro atoms. The van der Waals surface area contributed by atoms with Crippen molar-refractivity contribution in [3.63, 3.8) is 0 Å². The molecule has 0 atom stereocenters. The summed E-state index contributed by atoms with van der Waals surface area (Å²) < 4.78 is 34.8. The molecule has 0 aliphatic carbocycles. The van der Waals surface area contributed by atoms with Crippen LogP contribution in [0.2, 0.25) is 0 Å². The number of anilines is 1. The highest BCUT2D eigenvalue weighted by molar-refractivity contribution is 7.92. The minimum Gasteiger partial charge on any atom is -0.435 e. The molecule has 1 aromatic heterocycles. The molecule has 7 heteroatoms. The maximum absolute atomic E-state index is 13.2. The average Bonchev–Trinajstić information content (AvgIpc) is 3.23. The van der Waals surface area contributed by atoms with E-state index in [0.717, 1.165) is 5.56 Å². The van der Waals surface area contributed by atoms with Crippen LogP contribution in [0.15, 0.2) is 94.4 Å². The normalized spacial score (nSPS) is 11.0. The number of nitriles is 1. The van der Waals surface area contributed by atoms with Crippen molar-refractivity contribution in [1.29, 1.82) is 5.26 Å². The van der Waals surface area contributed by atoms with Gasteiger partial charge in [-0.1, -0.05) is 60.7 Å². The third kappa shape index (κ3) is 4.09. The minimum atomic E-state index is -4.02. The summed E-state index contributed by atoms with van der Waals surface area (Å²) in [5.41, 5.74) is 2.46. The van der Waals surface area contributed by atoms with Crippen LogP contribution in [0, 0.1) is 11.3 Å². The molecule has 1 N–H and O–H groups in total. The summed E-state index contributed by atoms with van der Waals surface area (Å²) in [4.78, 5) is 4.31. The van der Waals surface area contributed by atoms with E-state index in [9.17, 15) is 8.42 Å². The Kier molecular flexibility index (Phi) is 5.33. The molecule has 0 fully saturated rings. The van der Waals surface area contributed by atoms with E-state index in [1.807, 2.05) is 24.3 Å². The van der Waals surface area contributed by atoms with Crippen molar-refractivity contribution in [1.82, 2.24) is 4.98 Å². The standard InChI is InChI=1S/C23H17N3O3S/c24-16-15-17-11-13-20(14-12-17)26-30(27,28)23-21(18-7-3-1-4-8-18)29-22(25-23)19-9-5-2-6-10-19/h1-14,26H,15H2. The van der Waals surface area contributed by atoms with Crippen molar-refractivity contribution in [3.8, 4) is 28.8 Å². The number of hydrogen-bond acceptors (Lipinski definition) is 5. The molecule has 0 amide bonds. The van der Waals surface area contributed by atoms with Gasteiger partial charge in [-0.25, -0.2) is 0 Å². The van der Waals surface area contributed by atoms with Crippen LogP contribution in [-0.2, 0) is 16.4 Å². The van der Waals surface area contributed by atoms with E-state index >= 15 is 0 Å². The van der Waals surface area contributed by atoms with Crippen molar-refractivity contribution < 1.29 is 12.8 Å². The average molecular weight is 415 g/mol. The summed E-state index contributed by atoms with van der Waals surface area (Å²) in [6, 6.07) is 26.8. The molecule has 1 heterocycles. The van der Waals surface area contributed by atoms with Crippen LogP contribution >= 0.6 is 0 Å². The predicted molar refractivity (Wildman–Crippen MR) is 114 cm³/mol. The van der Waals surface area contributed by atoms with Crippen LogP contribution < -0.4 is 4.72 Å². The third-order valence-corrected chi connectivity index (χ3v) is 5.69. The highest BCUT2D eigenvalue weighted by atomic mass is 32.2. The van der Waals surface area contributed by atoms with Crippen molar-refractivity contribution in [2.24, 2.45) is 0 Å². The summed E-state index contributed by atoms with van der Waals surface area (Å²) in [7, 11) is -4.02. The number of aromatic nitrogens is 1. The topological polar surface area (TPSA) is 96.0 Å². The number of nitrogens with zero attached hydrogens (tertiary/aromatic N) is 2. The number of benzene rings is 3. The quantitative estimate of drug-likeness (QED) is 0.484. The van der Waals surface area contributed by atoms with Gasteiger partial charge in [-0.05, 0) is 29.8 Å². The highest BCUT2D eigenvalue weighted by Crippen LogP contribution is 2.33. The van der Waals surface area contributed by atoms with Crippen molar-refractivity contribution in [2.75, 3.05) is 4.72 Å². The Morgan fingerprint density at radius 3 is 2.07 bits per heavy atom. The van der Waals surface area contributed by atoms with Gasteiger partial charge in [-0.2, -0.15) is 18.7 Å². The second-order valence-corrected chi connectivity index (χ2v) is 8.12. The second kappa shape index (κ2) is 8.23. The Morgan fingerprint density at radius 1 is 0.867 bits per heavy atom. The maximum Gasteiger partial charge on any atom is 0.283 e. The first kappa shape index (κ1) is 19.4. The van der Waals surface area contributed by atoms with Gasteiger partial charge in [0.25, 0.3) is 10.0 Å². The van der Waals surface area contributed by atoms with Crippen LogP contribution in [0.25, 0.3) is 22.8 Å². The number of sulfonamides is 1. The van der Waals surface area contributed by atoms with E-state index < -0.39 is 10.0 Å². The van der Waals surface area contributed by atoms with Crippen LogP contribution in [0.5, 0.6) is 0 Å². The predicted octanol–water partition coefficient (Wildman–Crippen LogP) is 4.88. The Morgan fingerprint density at radius 2 is 1.47 bits per heavy atom. The molecule has 0 bridgehead atoms. The highest BCUT2D eigenvalue weighted by Gasteiger charge is 2.27. The van der Waals surface area contributed by atoms with E-state index in [-0.39, 0.29) is 23.1 Å². The van der Waals surface area contributed by atoms with Crippen LogP contribution in [-0.4, -0.2) is 13.4 Å². The van der Waals surface area contributed by atoms with Crippen molar-refractivity contribution in [2.45, 2.75) is 11.4 Å². The first-order chi connectivity index (χ1) is 14.6. The zero-order valence-corrected chi connectivity index (χ0v) is 16.6. The Labute approximate surface area is 174 Å². The molecule has 6 nitrogen and oxygen atoms in total. The van der Waals surface area contributed by atoms with Gasteiger partial charge >= 0.3 is 0 Å². The largest absolute Gasteiger partial charge is 0.435 e. The molecule has 0 aliphatic rings. The zero-order chi connectivity index (χ0) is 21.0. The lowest BCUT2D eigenvalue weighted by atomic mass is 10.1. The minimum absolute atomic E-state index is 0.169. The molecule has 30 heavy (non-hydrogen) atoms. The van der Waals surface area contributed by atoms with Gasteiger partial charge in [0.05, 0.1) is 12.5 Å². The lowest BCUT2D eigenvalue weighted by molar-refractivity contribution is 0.581. The molecule has 4 rings (SSSR count). The van der Waals surface area contributed by atoms with E-state index in [4.69, 9.17) is 9.68 Å². The molecule has 0 unspecified atom stereocenters. The summed E-state index contributed by atoms with van der Waals surface area (Å²) in [5, 5.41) is 8.59. The lowest BCUT2D eigenvalue weighted by Crippen LogP contribution is -2.14. The lowest BCUT2D eigenvalue weighted by Gasteiger charge is -2.07. The van der Waals surface area contributed by atoms with E-state index in [2.05, 4.69) is 15.8 Å². The van der Waals surface area contributed by atoms with Gasteiger partial charge in [0.15, 0.2) is 5.76 Å². The molecule has 4 aromatic rings. The SMILES string of the molecule is N#CCc1ccc(NS(=O)(=O)c2nc(-c3ccccc3)oc2-c2ccccc2)cc1. The Balaban J connectivity index is 1.76. The molecule has 3 aromatic carbocycles. The van der Waals surface area contributed by atoms with Crippen LogP contribution in [0.4, 0.5) is 5.69 Å². The molecule has 0 aliphatic heterocycles. The smallest absolute Gasteiger partial charge is 0.283 e. The van der Waals surface area contributed by atoms with Gasteiger partial charge in [0.2, 0.25) is 10.9 Å². The molecule has 0 radical (unpaired) electrons. The fourth-order valence-corrected chi connectivity index (χ4v) is 4.10. The van der Waals surface area contributed by atoms with Gasteiger partial charge < -0.3 is 4.42 Å². The molecule has 0 saturated heterocycles. The van der Waals surface area contributed by atoms with E-state index in [1.165, 1.54) is 0 Å². The molecule has 0 saturated carbocycles. The zero-order valence-electron chi connectivity index (χ0n) is 15.8. The van der Waals surface area contributed by atoms with Crippen molar-refractivity contribution in [3.05, 3.63) is 90.5 Å². The first-order valence-corrected chi connectivity index (χ1v) is 10.7. The second-order valence-electron chi connectivity index (χ2n) is 6.52. The summed E-state index contributed by atoms with van der Waals surface area (Å²) in [6.07, 6.45) is 0.259. The molecular formula is C23H17N3O3S. The number of oxazole rings is 1. The molecular weight excluding hydrogens is 398 g/mol. The monoisotopic (exact) mass is 415 g/mol. The van der Waals surface area contributed by atoms with Gasteiger partial charge in [0.1, 0.15) is 0 Å². The van der Waals surface area contributed by atoms with Gasteiger partial charge in [-0.3, -0.25) is 4.72 Å². The maximum atomic E-state index is 13.2. The summed E-state index contributed by atoms with van der Waals surface area (Å²) in [6.45, 7) is 0. The summed E-state index contributed by atoms with van der Waals surface area (Å²) in [5.74, 6) is 0.391. The third-order valence-electron chi connectivity index (χ3n) is 4.40. The summed E-state index contributed by atoms with van der Waals surface area (Å²) >= 11 is 0.